The van der Waals surface area contributed by atoms with Crippen molar-refractivity contribution >= 4 is 12.0 Å². The van der Waals surface area contributed by atoms with Crippen LogP contribution in [-0.4, -0.2) is 41.1 Å². The Bertz CT molecular complexity index is 320. The van der Waals surface area contributed by atoms with Crippen LogP contribution < -0.4 is 5.32 Å². The van der Waals surface area contributed by atoms with E-state index in [1.54, 1.807) is 4.90 Å². The first-order valence-electron chi connectivity index (χ1n) is 7.45. The molecule has 0 aliphatic rings. The van der Waals surface area contributed by atoms with Crippen LogP contribution in [0.3, 0.4) is 0 Å². The van der Waals surface area contributed by atoms with Crippen molar-refractivity contribution in [1.29, 1.82) is 0 Å². The fraction of sp³-hybridized carbons (Fsp3) is 0.867. The molecular weight excluding hydrogens is 256 g/mol. The van der Waals surface area contributed by atoms with E-state index < -0.39 is 17.4 Å². The summed E-state index contributed by atoms with van der Waals surface area (Å²) in [6.45, 7) is 12.8. The van der Waals surface area contributed by atoms with Gasteiger partial charge in [-0.1, -0.05) is 47.5 Å². The van der Waals surface area contributed by atoms with E-state index in [9.17, 15) is 14.7 Å². The molecule has 5 heteroatoms. The van der Waals surface area contributed by atoms with Gasteiger partial charge in [-0.3, -0.25) is 0 Å². The van der Waals surface area contributed by atoms with Gasteiger partial charge >= 0.3 is 12.0 Å². The Morgan fingerprint density at radius 2 is 1.65 bits per heavy atom. The molecular formula is C15H30N2O3. The largest absolute Gasteiger partial charge is 0.480 e. The summed E-state index contributed by atoms with van der Waals surface area (Å²) in [5, 5.41) is 11.9. The molecule has 0 aromatic carbocycles. The number of nitrogens with zero attached hydrogens (tertiary/aromatic N) is 1. The zero-order valence-electron chi connectivity index (χ0n) is 13.7. The second kappa shape index (κ2) is 8.12. The molecule has 0 heterocycles. The predicted molar refractivity (Wildman–Crippen MR) is 80.7 cm³/mol. The quantitative estimate of drug-likeness (QED) is 0.756. The predicted octanol–water partition coefficient (Wildman–Crippen LogP) is 2.95. The summed E-state index contributed by atoms with van der Waals surface area (Å²) in [6, 6.07) is -1.17. The van der Waals surface area contributed by atoms with Gasteiger partial charge < -0.3 is 15.3 Å². The number of hydrogen-bond acceptors (Lipinski definition) is 2. The lowest BCUT2D eigenvalue weighted by atomic mass is 9.87. The number of carboxylic acids is 1. The zero-order chi connectivity index (χ0) is 15.9. The third-order valence-corrected chi connectivity index (χ3v) is 3.68. The minimum atomic E-state index is -0.996. The molecule has 5 nitrogen and oxygen atoms in total. The van der Waals surface area contributed by atoms with Gasteiger partial charge in [-0.15, -0.1) is 0 Å². The van der Waals surface area contributed by atoms with Crippen LogP contribution in [0.1, 0.15) is 54.4 Å². The number of amides is 2. The Kier molecular flexibility index (Phi) is 7.61. The smallest absolute Gasteiger partial charge is 0.326 e. The molecule has 1 atom stereocenters. The SMILES string of the molecule is CCC(CC)CN(CC)C(=O)N[C@H](C(=O)O)C(C)(C)C. The molecule has 2 N–H and O–H groups in total. The maximum absolute atomic E-state index is 12.3. The average molecular weight is 286 g/mol. The van der Waals surface area contributed by atoms with Crippen LogP contribution in [0, 0.1) is 11.3 Å². The van der Waals surface area contributed by atoms with Crippen LogP contribution in [0.4, 0.5) is 4.79 Å². The van der Waals surface area contributed by atoms with Crippen molar-refractivity contribution < 1.29 is 14.7 Å². The van der Waals surface area contributed by atoms with Gasteiger partial charge in [0, 0.05) is 13.1 Å². The van der Waals surface area contributed by atoms with Gasteiger partial charge in [-0.2, -0.15) is 0 Å². The van der Waals surface area contributed by atoms with Crippen LogP contribution in [0.2, 0.25) is 0 Å². The Morgan fingerprint density at radius 1 is 1.15 bits per heavy atom. The highest BCUT2D eigenvalue weighted by Crippen LogP contribution is 2.20. The number of carbonyl (C=O) groups excluding carboxylic acids is 1. The highest BCUT2D eigenvalue weighted by molar-refractivity contribution is 5.83. The summed E-state index contributed by atoms with van der Waals surface area (Å²) in [6.07, 6.45) is 2.03. The lowest BCUT2D eigenvalue weighted by Crippen LogP contribution is -2.53. The molecule has 0 radical (unpaired) electrons. The first kappa shape index (κ1) is 18.7. The maximum Gasteiger partial charge on any atom is 0.326 e. The van der Waals surface area contributed by atoms with E-state index >= 15 is 0 Å². The van der Waals surface area contributed by atoms with E-state index in [-0.39, 0.29) is 6.03 Å². The van der Waals surface area contributed by atoms with E-state index in [4.69, 9.17) is 0 Å². The first-order valence-corrected chi connectivity index (χ1v) is 7.45. The van der Waals surface area contributed by atoms with E-state index in [0.29, 0.717) is 19.0 Å². The summed E-state index contributed by atoms with van der Waals surface area (Å²) in [7, 11) is 0. The third kappa shape index (κ3) is 5.80. The molecule has 118 valence electrons. The van der Waals surface area contributed by atoms with E-state index in [1.807, 2.05) is 27.7 Å². The molecule has 0 fully saturated rings. The summed E-state index contributed by atoms with van der Waals surface area (Å²) in [5.41, 5.74) is -0.518. The van der Waals surface area contributed by atoms with Gasteiger partial charge in [0.15, 0.2) is 0 Å². The topological polar surface area (TPSA) is 69.6 Å². The molecule has 0 aromatic rings. The normalized spacial score (nSPS) is 13.2. The molecule has 0 aromatic heterocycles. The molecule has 0 rings (SSSR count). The second-order valence-corrected chi connectivity index (χ2v) is 6.31. The second-order valence-electron chi connectivity index (χ2n) is 6.31. The number of carboxylic acid groups (broad SMARTS) is 1. The lowest BCUT2D eigenvalue weighted by molar-refractivity contribution is -0.142. The van der Waals surface area contributed by atoms with Crippen molar-refractivity contribution in [1.82, 2.24) is 10.2 Å². The Labute approximate surface area is 122 Å². The summed E-state index contributed by atoms with van der Waals surface area (Å²) in [4.78, 5) is 25.2. The maximum atomic E-state index is 12.3. The molecule has 0 unspecified atom stereocenters. The summed E-state index contributed by atoms with van der Waals surface area (Å²) in [5.74, 6) is -0.539. The number of rotatable bonds is 7. The molecule has 0 aliphatic heterocycles. The van der Waals surface area contributed by atoms with Crippen molar-refractivity contribution in [2.75, 3.05) is 13.1 Å². The van der Waals surface area contributed by atoms with Crippen LogP contribution >= 0.6 is 0 Å². The van der Waals surface area contributed by atoms with E-state index in [2.05, 4.69) is 19.2 Å². The highest BCUT2D eigenvalue weighted by Gasteiger charge is 2.33. The number of hydrogen-bond donors (Lipinski definition) is 2. The molecule has 0 saturated carbocycles. The molecule has 0 bridgehead atoms. The highest BCUT2D eigenvalue weighted by atomic mass is 16.4. The van der Waals surface area contributed by atoms with Crippen LogP contribution in [0.5, 0.6) is 0 Å². The van der Waals surface area contributed by atoms with Crippen molar-refractivity contribution in [3.63, 3.8) is 0 Å². The zero-order valence-corrected chi connectivity index (χ0v) is 13.7. The fourth-order valence-corrected chi connectivity index (χ4v) is 2.08. The number of nitrogens with one attached hydrogen (secondary N) is 1. The van der Waals surface area contributed by atoms with Gasteiger partial charge in [0.25, 0.3) is 0 Å². The lowest BCUT2D eigenvalue weighted by Gasteiger charge is -2.32. The fourth-order valence-electron chi connectivity index (χ4n) is 2.08. The Balaban J connectivity index is 4.80. The third-order valence-electron chi connectivity index (χ3n) is 3.68. The van der Waals surface area contributed by atoms with Gasteiger partial charge in [0.1, 0.15) is 6.04 Å². The van der Waals surface area contributed by atoms with Crippen molar-refractivity contribution in [2.24, 2.45) is 11.3 Å². The number of urea groups is 1. The van der Waals surface area contributed by atoms with Gasteiger partial charge in [0.05, 0.1) is 0 Å². The van der Waals surface area contributed by atoms with Crippen molar-refractivity contribution in [3.05, 3.63) is 0 Å². The first-order chi connectivity index (χ1) is 9.17. The minimum absolute atomic E-state index is 0.290. The van der Waals surface area contributed by atoms with Gasteiger partial charge in [0.2, 0.25) is 0 Å². The molecule has 20 heavy (non-hydrogen) atoms. The molecule has 2 amide bonds. The van der Waals surface area contributed by atoms with Crippen molar-refractivity contribution in [3.8, 4) is 0 Å². The summed E-state index contributed by atoms with van der Waals surface area (Å²) < 4.78 is 0. The monoisotopic (exact) mass is 286 g/mol. The van der Waals surface area contributed by atoms with E-state index in [0.717, 1.165) is 12.8 Å². The molecule has 0 aliphatic carbocycles. The molecule has 0 spiro atoms. The number of carbonyl (C=O) groups is 2. The number of aliphatic carboxylic acids is 1. The standard InChI is InChI=1S/C15H30N2O3/c1-7-11(8-2)10-17(9-3)14(20)16-12(13(18)19)15(4,5)6/h11-12H,7-10H2,1-6H3,(H,16,20)(H,18,19)/t12-/m1/s1. The van der Waals surface area contributed by atoms with Gasteiger partial charge in [-0.05, 0) is 18.3 Å². The van der Waals surface area contributed by atoms with Crippen LogP contribution in [0.15, 0.2) is 0 Å². The Morgan fingerprint density at radius 3 is 1.95 bits per heavy atom. The van der Waals surface area contributed by atoms with Crippen LogP contribution in [0.25, 0.3) is 0 Å². The Hall–Kier alpha value is -1.26. The van der Waals surface area contributed by atoms with E-state index in [1.165, 1.54) is 0 Å². The molecule has 0 saturated heterocycles. The van der Waals surface area contributed by atoms with Crippen molar-refractivity contribution in [2.45, 2.75) is 60.4 Å². The van der Waals surface area contributed by atoms with Crippen LogP contribution in [-0.2, 0) is 4.79 Å². The summed E-state index contributed by atoms with van der Waals surface area (Å²) >= 11 is 0. The average Bonchev–Trinajstić information content (AvgIpc) is 2.35. The van der Waals surface area contributed by atoms with Gasteiger partial charge in [-0.25, -0.2) is 9.59 Å². The minimum Gasteiger partial charge on any atom is -0.480 e.